The number of carbonyl (C=O) groups is 1. The third-order valence-electron chi connectivity index (χ3n) is 3.40. The van der Waals surface area contributed by atoms with Crippen molar-refractivity contribution >= 4 is 17.3 Å². The van der Waals surface area contributed by atoms with Gasteiger partial charge in [-0.3, -0.25) is 25.7 Å². The van der Waals surface area contributed by atoms with Crippen molar-refractivity contribution in [2.75, 3.05) is 25.2 Å². The van der Waals surface area contributed by atoms with E-state index in [-0.39, 0.29) is 12.3 Å². The largest absolute Gasteiger partial charge is 0.378 e. The van der Waals surface area contributed by atoms with Crippen LogP contribution in [0.2, 0.25) is 0 Å². The van der Waals surface area contributed by atoms with Crippen molar-refractivity contribution in [3.05, 3.63) is 33.9 Å². The second kappa shape index (κ2) is 6.48. The summed E-state index contributed by atoms with van der Waals surface area (Å²) >= 11 is 0. The molecule has 0 radical (unpaired) electrons. The quantitative estimate of drug-likeness (QED) is 0.380. The van der Waals surface area contributed by atoms with Gasteiger partial charge in [0.15, 0.2) is 0 Å². The molecule has 9 heteroatoms. The molecule has 0 aromatic heterocycles. The molecular weight excluding hydrogens is 278 g/mol. The average Bonchev–Trinajstić information content (AvgIpc) is 2.47. The molecule has 1 unspecified atom stereocenters. The van der Waals surface area contributed by atoms with Crippen molar-refractivity contribution in [3.63, 3.8) is 0 Å². The molecule has 0 spiro atoms. The summed E-state index contributed by atoms with van der Waals surface area (Å²) in [5.41, 5.74) is 9.01. The molecule has 5 N–H and O–H groups in total. The Bertz CT molecular complexity index is 550. The Morgan fingerprint density at radius 1 is 1.57 bits per heavy atom. The lowest BCUT2D eigenvalue weighted by atomic mass is 10.1. The standard InChI is InChI=1S/C12H17N5O4/c13-12(18)11-7-21-4-3-16(11)6-8-5-9(17(19)20)1-2-10(8)15-14/h1-2,5,11,15H,3-4,6-7,14H2,(H2,13,18). The number of nitro benzene ring substituents is 1. The second-order valence-corrected chi connectivity index (χ2v) is 4.71. The van der Waals surface area contributed by atoms with Gasteiger partial charge in [0, 0.05) is 25.2 Å². The number of non-ortho nitro benzene ring substituents is 1. The van der Waals surface area contributed by atoms with Crippen LogP contribution in [0.3, 0.4) is 0 Å². The van der Waals surface area contributed by atoms with Gasteiger partial charge in [0.05, 0.1) is 23.8 Å². The third kappa shape index (κ3) is 3.45. The van der Waals surface area contributed by atoms with Crippen LogP contribution in [-0.4, -0.2) is 41.5 Å². The molecule has 0 aliphatic carbocycles. The number of hydrazine groups is 1. The van der Waals surface area contributed by atoms with E-state index in [9.17, 15) is 14.9 Å². The van der Waals surface area contributed by atoms with Crippen LogP contribution >= 0.6 is 0 Å². The van der Waals surface area contributed by atoms with Crippen molar-refractivity contribution in [1.82, 2.24) is 4.90 Å². The van der Waals surface area contributed by atoms with Crippen LogP contribution in [0.25, 0.3) is 0 Å². The number of primary amides is 1. The minimum absolute atomic E-state index is 0.0344. The van der Waals surface area contributed by atoms with Gasteiger partial charge in [-0.2, -0.15) is 0 Å². The van der Waals surface area contributed by atoms with Gasteiger partial charge in [-0.15, -0.1) is 0 Å². The second-order valence-electron chi connectivity index (χ2n) is 4.71. The van der Waals surface area contributed by atoms with Gasteiger partial charge in [-0.25, -0.2) is 0 Å². The first-order valence-corrected chi connectivity index (χ1v) is 6.38. The molecule has 9 nitrogen and oxygen atoms in total. The summed E-state index contributed by atoms with van der Waals surface area (Å²) in [6, 6.07) is 3.78. The fourth-order valence-corrected chi connectivity index (χ4v) is 2.27. The minimum Gasteiger partial charge on any atom is -0.378 e. The zero-order chi connectivity index (χ0) is 15.4. The summed E-state index contributed by atoms with van der Waals surface area (Å²) in [5, 5.41) is 10.9. The Morgan fingerprint density at radius 3 is 2.95 bits per heavy atom. The summed E-state index contributed by atoms with van der Waals surface area (Å²) in [6.45, 7) is 1.53. The summed E-state index contributed by atoms with van der Waals surface area (Å²) < 4.78 is 5.24. The molecule has 114 valence electrons. The van der Waals surface area contributed by atoms with Gasteiger partial charge < -0.3 is 15.9 Å². The number of benzene rings is 1. The maximum absolute atomic E-state index is 11.4. The van der Waals surface area contributed by atoms with Crippen molar-refractivity contribution in [2.45, 2.75) is 12.6 Å². The van der Waals surface area contributed by atoms with E-state index in [1.54, 1.807) is 0 Å². The molecule has 21 heavy (non-hydrogen) atoms. The summed E-state index contributed by atoms with van der Waals surface area (Å²) in [7, 11) is 0. The van der Waals surface area contributed by atoms with Crippen molar-refractivity contribution < 1.29 is 14.5 Å². The number of ether oxygens (including phenoxy) is 1. The van der Waals surface area contributed by atoms with E-state index in [1.165, 1.54) is 18.2 Å². The van der Waals surface area contributed by atoms with Crippen LogP contribution < -0.4 is 17.0 Å². The molecule has 1 aromatic rings. The van der Waals surface area contributed by atoms with E-state index in [0.717, 1.165) is 0 Å². The number of nitro groups is 1. The van der Waals surface area contributed by atoms with Gasteiger partial charge in [0.2, 0.25) is 5.91 Å². The van der Waals surface area contributed by atoms with E-state index < -0.39 is 16.9 Å². The van der Waals surface area contributed by atoms with Crippen LogP contribution in [0.4, 0.5) is 11.4 Å². The van der Waals surface area contributed by atoms with Crippen LogP contribution in [0.5, 0.6) is 0 Å². The number of hydrogen-bond donors (Lipinski definition) is 3. The first kappa shape index (κ1) is 15.2. The van der Waals surface area contributed by atoms with Gasteiger partial charge in [0.1, 0.15) is 6.04 Å². The first-order valence-electron chi connectivity index (χ1n) is 6.38. The molecule has 1 aliphatic heterocycles. The molecule has 1 heterocycles. The number of nitrogens with zero attached hydrogens (tertiary/aromatic N) is 2. The molecular formula is C12H17N5O4. The molecule has 1 aliphatic rings. The number of anilines is 1. The third-order valence-corrected chi connectivity index (χ3v) is 3.40. The van der Waals surface area contributed by atoms with Crippen LogP contribution in [0.1, 0.15) is 5.56 Å². The van der Waals surface area contributed by atoms with E-state index in [2.05, 4.69) is 5.43 Å². The Hall–Kier alpha value is -2.23. The van der Waals surface area contributed by atoms with Gasteiger partial charge in [-0.05, 0) is 11.6 Å². The molecule has 1 saturated heterocycles. The van der Waals surface area contributed by atoms with Crippen molar-refractivity contribution in [1.29, 1.82) is 0 Å². The van der Waals surface area contributed by atoms with Crippen LogP contribution in [-0.2, 0) is 16.1 Å². The van der Waals surface area contributed by atoms with Crippen molar-refractivity contribution in [2.24, 2.45) is 11.6 Å². The molecule has 1 fully saturated rings. The predicted molar refractivity (Wildman–Crippen MR) is 75.1 cm³/mol. The van der Waals surface area contributed by atoms with E-state index in [4.69, 9.17) is 16.3 Å². The zero-order valence-electron chi connectivity index (χ0n) is 11.3. The first-order chi connectivity index (χ1) is 10.0. The SMILES string of the molecule is NNc1ccc([N+](=O)[O-])cc1CN1CCOCC1C(N)=O. The van der Waals surface area contributed by atoms with E-state index in [1.807, 2.05) is 4.90 Å². The number of amides is 1. The lowest BCUT2D eigenvalue weighted by molar-refractivity contribution is -0.384. The fourth-order valence-electron chi connectivity index (χ4n) is 2.27. The van der Waals surface area contributed by atoms with Crippen molar-refractivity contribution in [3.8, 4) is 0 Å². The molecule has 1 amide bonds. The molecule has 1 atom stereocenters. The zero-order valence-corrected chi connectivity index (χ0v) is 11.3. The highest BCUT2D eigenvalue weighted by Gasteiger charge is 2.28. The van der Waals surface area contributed by atoms with Gasteiger partial charge >= 0.3 is 0 Å². The average molecular weight is 295 g/mol. The number of rotatable bonds is 5. The number of nitrogens with two attached hydrogens (primary N) is 2. The van der Waals surface area contributed by atoms with Crippen LogP contribution in [0, 0.1) is 10.1 Å². The number of hydrogen-bond acceptors (Lipinski definition) is 7. The monoisotopic (exact) mass is 295 g/mol. The molecule has 2 rings (SSSR count). The number of nitrogens with one attached hydrogen (secondary N) is 1. The Morgan fingerprint density at radius 2 is 2.33 bits per heavy atom. The number of morpholine rings is 1. The number of carbonyl (C=O) groups excluding carboxylic acids is 1. The van der Waals surface area contributed by atoms with Gasteiger partial charge in [-0.1, -0.05) is 0 Å². The Kier molecular flexibility index (Phi) is 4.68. The molecule has 0 saturated carbocycles. The Balaban J connectivity index is 2.25. The molecule has 0 bridgehead atoms. The number of nitrogen functional groups attached to an aromatic ring is 1. The summed E-state index contributed by atoms with van der Waals surface area (Å²) in [5.74, 6) is 4.94. The lowest BCUT2D eigenvalue weighted by Gasteiger charge is -2.33. The minimum atomic E-state index is -0.552. The summed E-state index contributed by atoms with van der Waals surface area (Å²) in [6.07, 6.45) is 0. The normalized spacial score (nSPS) is 19.2. The summed E-state index contributed by atoms with van der Waals surface area (Å²) in [4.78, 5) is 23.6. The molecule has 1 aromatic carbocycles. The van der Waals surface area contributed by atoms with E-state index in [0.29, 0.717) is 30.9 Å². The van der Waals surface area contributed by atoms with Crippen LogP contribution in [0.15, 0.2) is 18.2 Å². The Labute approximate surface area is 121 Å². The highest BCUT2D eigenvalue weighted by molar-refractivity contribution is 5.80. The fraction of sp³-hybridized carbons (Fsp3) is 0.417. The van der Waals surface area contributed by atoms with Gasteiger partial charge in [0.25, 0.3) is 5.69 Å². The predicted octanol–water partition coefficient (Wildman–Crippen LogP) is -0.433. The topological polar surface area (TPSA) is 137 Å². The highest BCUT2D eigenvalue weighted by atomic mass is 16.6. The van der Waals surface area contributed by atoms with E-state index >= 15 is 0 Å². The maximum Gasteiger partial charge on any atom is 0.269 e. The maximum atomic E-state index is 11.4. The lowest BCUT2D eigenvalue weighted by Crippen LogP contribution is -2.51. The highest BCUT2D eigenvalue weighted by Crippen LogP contribution is 2.24. The smallest absolute Gasteiger partial charge is 0.269 e.